The minimum Gasteiger partial charge on any atom is -0.493 e. The average molecular weight is 383 g/mol. The minimum atomic E-state index is 0.0343. The van der Waals surface area contributed by atoms with Crippen LogP contribution in [0.5, 0.6) is 11.5 Å². The Morgan fingerprint density at radius 1 is 1.21 bits per heavy atom. The topological polar surface area (TPSA) is 67.5 Å². The smallest absolute Gasteiger partial charge is 0.254 e. The monoisotopic (exact) mass is 383 g/mol. The average Bonchev–Trinajstić information content (AvgIpc) is 2.90. The van der Waals surface area contributed by atoms with E-state index < -0.39 is 0 Å². The first-order valence-electron chi connectivity index (χ1n) is 10.1. The van der Waals surface area contributed by atoms with Crippen molar-refractivity contribution in [1.82, 2.24) is 14.9 Å². The van der Waals surface area contributed by atoms with Crippen LogP contribution in [0.25, 0.3) is 0 Å². The highest BCUT2D eigenvalue weighted by Gasteiger charge is 2.38. The van der Waals surface area contributed by atoms with E-state index in [4.69, 9.17) is 9.47 Å². The lowest BCUT2D eigenvalue weighted by Crippen LogP contribution is -2.36. The Balaban J connectivity index is 1.60. The third-order valence-corrected chi connectivity index (χ3v) is 5.82. The zero-order chi connectivity index (χ0) is 19.8. The maximum atomic E-state index is 12.5. The highest BCUT2D eigenvalue weighted by Crippen LogP contribution is 2.35. The third kappa shape index (κ3) is 3.65. The first kappa shape index (κ1) is 19.0. The summed E-state index contributed by atoms with van der Waals surface area (Å²) in [6.07, 6.45) is 4.00. The molecule has 0 radical (unpaired) electrons. The Morgan fingerprint density at radius 2 is 1.96 bits per heavy atom. The lowest BCUT2D eigenvalue weighted by molar-refractivity contribution is 0.186. The van der Waals surface area contributed by atoms with Crippen molar-refractivity contribution in [2.75, 3.05) is 7.11 Å². The molecular weight excluding hydrogens is 354 g/mol. The first-order chi connectivity index (χ1) is 13.4. The van der Waals surface area contributed by atoms with E-state index in [9.17, 15) is 4.79 Å². The molecule has 0 unspecified atom stereocenters. The highest BCUT2D eigenvalue weighted by atomic mass is 16.5. The Labute approximate surface area is 165 Å². The summed E-state index contributed by atoms with van der Waals surface area (Å²) >= 11 is 0. The van der Waals surface area contributed by atoms with E-state index in [1.807, 2.05) is 26.8 Å². The van der Waals surface area contributed by atoms with Gasteiger partial charge in [0.15, 0.2) is 11.5 Å². The molecule has 6 nitrogen and oxygen atoms in total. The number of hydrogen-bond donors (Lipinski definition) is 1. The maximum Gasteiger partial charge on any atom is 0.254 e. The van der Waals surface area contributed by atoms with Gasteiger partial charge in [-0.3, -0.25) is 9.69 Å². The van der Waals surface area contributed by atoms with Gasteiger partial charge in [-0.15, -0.1) is 0 Å². The van der Waals surface area contributed by atoms with E-state index in [0.29, 0.717) is 17.9 Å². The van der Waals surface area contributed by atoms with Gasteiger partial charge in [0.2, 0.25) is 0 Å². The van der Waals surface area contributed by atoms with Crippen LogP contribution >= 0.6 is 0 Å². The molecule has 2 aliphatic rings. The molecule has 0 aliphatic carbocycles. The fourth-order valence-corrected chi connectivity index (χ4v) is 4.59. The maximum absolute atomic E-state index is 12.5. The summed E-state index contributed by atoms with van der Waals surface area (Å²) in [7, 11) is 1.67. The number of methoxy groups -OCH3 is 1. The van der Waals surface area contributed by atoms with Crippen LogP contribution in [-0.4, -0.2) is 40.2 Å². The zero-order valence-corrected chi connectivity index (χ0v) is 17.1. The minimum absolute atomic E-state index is 0.0343. The predicted octanol–water partition coefficient (Wildman–Crippen LogP) is 3.01. The number of aryl methyl sites for hydroxylation is 1. The normalized spacial score (nSPS) is 21.5. The molecule has 0 spiro atoms. The van der Waals surface area contributed by atoms with Gasteiger partial charge in [0.05, 0.1) is 18.9 Å². The van der Waals surface area contributed by atoms with Crippen molar-refractivity contribution in [3.8, 4) is 11.5 Å². The number of nitrogens with one attached hydrogen (secondary N) is 1. The molecule has 6 heteroatoms. The molecule has 150 valence electrons. The van der Waals surface area contributed by atoms with E-state index in [-0.39, 0.29) is 11.7 Å². The standard InChI is InChI=1S/C22H29N3O3/c1-13(2)28-21-9-15(5-8-20(21)27-4)12-25-16-6-7-17(25)11-19-18(10-16)22(26)24-14(3)23-19/h5,8-9,13,16-17H,6-7,10-12H2,1-4H3,(H,23,24,26)/t16-,17-/m0/s1. The molecular formula is C22H29N3O3. The summed E-state index contributed by atoms with van der Waals surface area (Å²) in [5.74, 6) is 2.25. The fraction of sp³-hybridized carbons (Fsp3) is 0.545. The molecule has 0 amide bonds. The van der Waals surface area contributed by atoms with E-state index in [2.05, 4.69) is 27.0 Å². The van der Waals surface area contributed by atoms with E-state index in [1.54, 1.807) is 7.11 Å². The van der Waals surface area contributed by atoms with Crippen molar-refractivity contribution in [1.29, 1.82) is 0 Å². The summed E-state index contributed by atoms with van der Waals surface area (Å²) in [6, 6.07) is 6.99. The van der Waals surface area contributed by atoms with Gasteiger partial charge in [-0.2, -0.15) is 0 Å². The Kier molecular flexibility index (Phi) is 5.15. The van der Waals surface area contributed by atoms with E-state index in [1.165, 1.54) is 5.56 Å². The molecule has 1 aromatic heterocycles. The number of fused-ring (bicyclic) bond motifs is 3. The third-order valence-electron chi connectivity index (χ3n) is 5.82. The number of ether oxygens (including phenoxy) is 2. The van der Waals surface area contributed by atoms with Gasteiger partial charge in [-0.05, 0) is 57.7 Å². The molecule has 28 heavy (non-hydrogen) atoms. The summed E-state index contributed by atoms with van der Waals surface area (Å²) in [4.78, 5) is 22.5. The summed E-state index contributed by atoms with van der Waals surface area (Å²) in [6.45, 7) is 6.74. The van der Waals surface area contributed by atoms with Crippen molar-refractivity contribution in [2.24, 2.45) is 0 Å². The van der Waals surface area contributed by atoms with Crippen LogP contribution in [0.15, 0.2) is 23.0 Å². The van der Waals surface area contributed by atoms with Crippen LogP contribution in [0, 0.1) is 6.92 Å². The zero-order valence-electron chi connectivity index (χ0n) is 17.1. The van der Waals surface area contributed by atoms with Crippen LogP contribution < -0.4 is 15.0 Å². The molecule has 1 fully saturated rings. The summed E-state index contributed by atoms with van der Waals surface area (Å²) < 4.78 is 11.4. The predicted molar refractivity (Wildman–Crippen MR) is 108 cm³/mol. The fourth-order valence-electron chi connectivity index (χ4n) is 4.59. The number of hydrogen-bond acceptors (Lipinski definition) is 5. The van der Waals surface area contributed by atoms with Gasteiger partial charge in [0, 0.05) is 30.6 Å². The first-order valence-corrected chi connectivity index (χ1v) is 10.1. The summed E-state index contributed by atoms with van der Waals surface area (Å²) in [5, 5.41) is 0. The number of H-pyrrole nitrogens is 1. The van der Waals surface area contributed by atoms with Gasteiger partial charge < -0.3 is 14.5 Å². The second-order valence-corrected chi connectivity index (χ2v) is 8.19. The summed E-state index contributed by atoms with van der Waals surface area (Å²) in [5.41, 5.74) is 3.10. The lowest BCUT2D eigenvalue weighted by Gasteiger charge is -2.28. The molecule has 2 atom stereocenters. The number of benzene rings is 1. The van der Waals surface area contributed by atoms with Gasteiger partial charge in [-0.25, -0.2) is 4.98 Å². The molecule has 1 N–H and O–H groups in total. The van der Waals surface area contributed by atoms with Crippen molar-refractivity contribution < 1.29 is 9.47 Å². The molecule has 2 aromatic rings. The Bertz CT molecular complexity index is 922. The van der Waals surface area contributed by atoms with E-state index in [0.717, 1.165) is 55.0 Å². The van der Waals surface area contributed by atoms with Gasteiger partial charge in [-0.1, -0.05) is 6.07 Å². The van der Waals surface area contributed by atoms with Crippen LogP contribution in [0.2, 0.25) is 0 Å². The van der Waals surface area contributed by atoms with Crippen LogP contribution in [0.4, 0.5) is 0 Å². The molecule has 1 aromatic carbocycles. The molecule has 4 rings (SSSR count). The van der Waals surface area contributed by atoms with Crippen molar-refractivity contribution in [3.63, 3.8) is 0 Å². The van der Waals surface area contributed by atoms with Crippen molar-refractivity contribution in [3.05, 3.63) is 51.2 Å². The second kappa shape index (κ2) is 7.59. The molecule has 3 heterocycles. The molecule has 2 bridgehead atoms. The second-order valence-electron chi connectivity index (χ2n) is 8.19. The highest BCUT2D eigenvalue weighted by molar-refractivity contribution is 5.43. The number of rotatable bonds is 5. The van der Waals surface area contributed by atoms with E-state index >= 15 is 0 Å². The Morgan fingerprint density at radius 3 is 2.68 bits per heavy atom. The van der Waals surface area contributed by atoms with Crippen LogP contribution in [0.3, 0.4) is 0 Å². The number of aromatic nitrogens is 2. The van der Waals surface area contributed by atoms with Crippen LogP contribution in [0.1, 0.15) is 49.3 Å². The van der Waals surface area contributed by atoms with Gasteiger partial charge in [0.25, 0.3) is 5.56 Å². The Hall–Kier alpha value is -2.34. The van der Waals surface area contributed by atoms with Gasteiger partial charge in [0.1, 0.15) is 5.82 Å². The van der Waals surface area contributed by atoms with Gasteiger partial charge >= 0.3 is 0 Å². The van der Waals surface area contributed by atoms with Crippen molar-refractivity contribution >= 4 is 0 Å². The SMILES string of the molecule is COc1ccc(CN2[C@H]3CC[C@H]2Cc2c(nc(C)[nH]c2=O)C3)cc1OC(C)C. The van der Waals surface area contributed by atoms with Crippen molar-refractivity contribution in [2.45, 2.75) is 71.2 Å². The molecule has 1 saturated heterocycles. The quantitative estimate of drug-likeness (QED) is 0.860. The molecule has 2 aliphatic heterocycles. The largest absolute Gasteiger partial charge is 0.493 e. The number of aromatic amines is 1. The lowest BCUT2D eigenvalue weighted by atomic mass is 9.98. The molecule has 0 saturated carbocycles. The van der Waals surface area contributed by atoms with Crippen LogP contribution in [-0.2, 0) is 19.4 Å². The number of nitrogens with zero attached hydrogens (tertiary/aromatic N) is 2.